The van der Waals surface area contributed by atoms with E-state index < -0.39 is 25.9 Å². The van der Waals surface area contributed by atoms with E-state index in [1.165, 1.54) is 12.1 Å². The molecule has 12 heteroatoms. The van der Waals surface area contributed by atoms with Crippen molar-refractivity contribution in [2.45, 2.75) is 42.5 Å². The van der Waals surface area contributed by atoms with E-state index in [2.05, 4.69) is 20.2 Å². The second-order valence-corrected chi connectivity index (χ2v) is 11.3. The van der Waals surface area contributed by atoms with E-state index in [0.717, 1.165) is 17.6 Å². The number of carbonyl (C=O) groups is 1. The van der Waals surface area contributed by atoms with E-state index in [9.17, 15) is 21.6 Å². The summed E-state index contributed by atoms with van der Waals surface area (Å²) in [4.78, 5) is 11.9. The van der Waals surface area contributed by atoms with E-state index in [1.807, 2.05) is 0 Å². The van der Waals surface area contributed by atoms with Gasteiger partial charge in [-0.2, -0.15) is 0 Å². The fourth-order valence-corrected chi connectivity index (χ4v) is 5.05. The van der Waals surface area contributed by atoms with Crippen LogP contribution in [0.2, 0.25) is 0 Å². The van der Waals surface area contributed by atoms with Crippen molar-refractivity contribution in [2.75, 3.05) is 11.6 Å². The zero-order valence-electron chi connectivity index (χ0n) is 15.8. The molecule has 1 aromatic carbocycles. The summed E-state index contributed by atoms with van der Waals surface area (Å²) in [5, 5.41) is 9.96. The van der Waals surface area contributed by atoms with Crippen LogP contribution in [-0.4, -0.2) is 39.2 Å². The van der Waals surface area contributed by atoms with Crippen LogP contribution in [0.1, 0.15) is 38.8 Å². The molecule has 0 saturated heterocycles. The predicted molar refractivity (Wildman–Crippen MR) is 106 cm³/mol. The second kappa shape index (κ2) is 8.64. The third kappa shape index (κ3) is 5.56. The molecule has 154 valence electrons. The minimum absolute atomic E-state index is 0.102. The van der Waals surface area contributed by atoms with Crippen molar-refractivity contribution in [2.24, 2.45) is 5.92 Å². The molecule has 1 heterocycles. The number of hydrogen-bond donors (Lipinski definition) is 2. The SMILES string of the molecule is CC[C@@H](NS(=O)(=O)c1nnc(NC(=O)C(C)C)s1)c1ccc(S(C)(=O)=O)cc1. The largest absolute Gasteiger partial charge is 0.300 e. The average Bonchev–Trinajstić information content (AvgIpc) is 3.08. The van der Waals surface area contributed by atoms with Gasteiger partial charge in [-0.25, -0.2) is 21.6 Å². The summed E-state index contributed by atoms with van der Waals surface area (Å²) in [6.07, 6.45) is 1.54. The molecule has 0 saturated carbocycles. The van der Waals surface area contributed by atoms with Gasteiger partial charge in [-0.3, -0.25) is 4.79 Å². The summed E-state index contributed by atoms with van der Waals surface area (Å²) in [5.41, 5.74) is 0.622. The van der Waals surface area contributed by atoms with Gasteiger partial charge in [0, 0.05) is 18.2 Å². The molecule has 1 aromatic heterocycles. The quantitative estimate of drug-likeness (QED) is 0.592. The van der Waals surface area contributed by atoms with Gasteiger partial charge in [-0.15, -0.1) is 10.2 Å². The van der Waals surface area contributed by atoms with E-state index in [4.69, 9.17) is 0 Å². The highest BCUT2D eigenvalue weighted by Gasteiger charge is 2.25. The third-order valence-corrected chi connectivity index (χ3v) is 7.61. The zero-order valence-corrected chi connectivity index (χ0v) is 18.3. The first kappa shape index (κ1) is 22.4. The van der Waals surface area contributed by atoms with Crippen molar-refractivity contribution in [1.82, 2.24) is 14.9 Å². The lowest BCUT2D eigenvalue weighted by molar-refractivity contribution is -0.118. The van der Waals surface area contributed by atoms with E-state index in [0.29, 0.717) is 12.0 Å². The van der Waals surface area contributed by atoms with Crippen LogP contribution < -0.4 is 10.0 Å². The molecule has 2 N–H and O–H groups in total. The zero-order chi connectivity index (χ0) is 21.1. The van der Waals surface area contributed by atoms with Crippen molar-refractivity contribution < 1.29 is 21.6 Å². The highest BCUT2D eigenvalue weighted by atomic mass is 32.2. The first-order chi connectivity index (χ1) is 12.9. The van der Waals surface area contributed by atoms with Crippen LogP contribution in [-0.2, 0) is 24.7 Å². The van der Waals surface area contributed by atoms with E-state index in [1.54, 1.807) is 32.9 Å². The molecule has 0 fully saturated rings. The molecule has 28 heavy (non-hydrogen) atoms. The Bertz CT molecular complexity index is 1040. The van der Waals surface area contributed by atoms with Gasteiger partial charge in [0.2, 0.25) is 15.4 Å². The number of nitrogens with one attached hydrogen (secondary N) is 2. The number of sulfone groups is 1. The summed E-state index contributed by atoms with van der Waals surface area (Å²) in [6, 6.07) is 5.44. The summed E-state index contributed by atoms with van der Waals surface area (Å²) in [6.45, 7) is 5.21. The van der Waals surface area contributed by atoms with Crippen LogP contribution in [0.5, 0.6) is 0 Å². The summed E-state index contributed by atoms with van der Waals surface area (Å²) < 4.78 is 50.6. The molecule has 1 atom stereocenters. The second-order valence-electron chi connectivity index (χ2n) is 6.44. The smallest absolute Gasteiger partial charge is 0.270 e. The highest BCUT2D eigenvalue weighted by Crippen LogP contribution is 2.25. The number of rotatable bonds is 8. The molecule has 9 nitrogen and oxygen atoms in total. The van der Waals surface area contributed by atoms with E-state index >= 15 is 0 Å². The Labute approximate surface area is 168 Å². The molecular weight excluding hydrogens is 424 g/mol. The molecule has 0 aliphatic carbocycles. The molecule has 2 aromatic rings. The van der Waals surface area contributed by atoms with E-state index in [-0.39, 0.29) is 26.2 Å². The lowest BCUT2D eigenvalue weighted by Crippen LogP contribution is -2.28. The highest BCUT2D eigenvalue weighted by molar-refractivity contribution is 7.91. The number of amides is 1. The van der Waals surface area contributed by atoms with Gasteiger partial charge in [0.25, 0.3) is 10.0 Å². The topological polar surface area (TPSA) is 135 Å². The van der Waals surface area contributed by atoms with Gasteiger partial charge in [-0.05, 0) is 24.1 Å². The Balaban J connectivity index is 2.19. The fourth-order valence-electron chi connectivity index (χ4n) is 2.19. The van der Waals surface area contributed by atoms with Crippen molar-refractivity contribution >= 4 is 42.2 Å². The Kier molecular flexibility index (Phi) is 6.91. The number of carbonyl (C=O) groups excluding carboxylic acids is 1. The van der Waals surface area contributed by atoms with Crippen molar-refractivity contribution in [3.05, 3.63) is 29.8 Å². The van der Waals surface area contributed by atoms with Crippen molar-refractivity contribution in [3.8, 4) is 0 Å². The molecule has 0 spiro atoms. The number of aromatic nitrogens is 2. The van der Waals surface area contributed by atoms with Crippen LogP contribution in [0.4, 0.5) is 5.13 Å². The molecule has 0 radical (unpaired) electrons. The van der Waals surface area contributed by atoms with Gasteiger partial charge in [0.05, 0.1) is 4.90 Å². The molecule has 0 unspecified atom stereocenters. The number of benzene rings is 1. The average molecular weight is 447 g/mol. The van der Waals surface area contributed by atoms with Gasteiger partial charge in [0.15, 0.2) is 9.84 Å². The maximum Gasteiger partial charge on any atom is 0.270 e. The molecular formula is C16H22N4O5S3. The summed E-state index contributed by atoms with van der Waals surface area (Å²) in [7, 11) is -7.30. The molecule has 0 aliphatic rings. The predicted octanol–water partition coefficient (Wildman–Crippen LogP) is 1.97. The lowest BCUT2D eigenvalue weighted by Gasteiger charge is -2.16. The maximum atomic E-state index is 12.6. The van der Waals surface area contributed by atoms with Gasteiger partial charge in [0.1, 0.15) is 0 Å². The summed E-state index contributed by atoms with van der Waals surface area (Å²) >= 11 is 0.755. The standard InChI is InChI=1S/C16H22N4O5S3/c1-5-13(11-6-8-12(9-7-11)27(4,22)23)20-28(24,25)16-19-18-15(26-16)17-14(21)10(2)3/h6-10,13,20H,5H2,1-4H3,(H,17,18,21)/t13-/m1/s1. The fraction of sp³-hybridized carbons (Fsp3) is 0.438. The monoisotopic (exact) mass is 446 g/mol. The number of anilines is 1. The van der Waals surface area contributed by atoms with Crippen molar-refractivity contribution in [3.63, 3.8) is 0 Å². The van der Waals surface area contributed by atoms with Crippen LogP contribution >= 0.6 is 11.3 Å². The number of hydrogen-bond acceptors (Lipinski definition) is 8. The van der Waals surface area contributed by atoms with Gasteiger partial charge >= 0.3 is 0 Å². The van der Waals surface area contributed by atoms with Crippen LogP contribution in [0.15, 0.2) is 33.5 Å². The Morgan fingerprint density at radius 2 is 1.71 bits per heavy atom. The first-order valence-electron chi connectivity index (χ1n) is 8.40. The van der Waals surface area contributed by atoms with Crippen LogP contribution in [0.3, 0.4) is 0 Å². The van der Waals surface area contributed by atoms with Crippen molar-refractivity contribution in [1.29, 1.82) is 0 Å². The minimum atomic E-state index is -3.97. The molecule has 0 bridgehead atoms. The minimum Gasteiger partial charge on any atom is -0.300 e. The molecule has 0 aliphatic heterocycles. The van der Waals surface area contributed by atoms with Crippen LogP contribution in [0.25, 0.3) is 0 Å². The number of nitrogens with zero attached hydrogens (tertiary/aromatic N) is 2. The first-order valence-corrected chi connectivity index (χ1v) is 12.6. The maximum absolute atomic E-state index is 12.6. The normalized spacial score (nSPS) is 13.5. The Morgan fingerprint density at radius 3 is 2.21 bits per heavy atom. The van der Waals surface area contributed by atoms with Gasteiger partial charge in [-0.1, -0.05) is 44.2 Å². The molecule has 1 amide bonds. The summed E-state index contributed by atoms with van der Waals surface area (Å²) in [5.74, 6) is -0.563. The Morgan fingerprint density at radius 1 is 1.11 bits per heavy atom. The third-order valence-electron chi connectivity index (χ3n) is 3.81. The van der Waals surface area contributed by atoms with Gasteiger partial charge < -0.3 is 5.32 Å². The Hall–Kier alpha value is -1.89. The number of sulfonamides is 1. The van der Waals surface area contributed by atoms with Crippen LogP contribution in [0, 0.1) is 5.92 Å². The lowest BCUT2D eigenvalue weighted by atomic mass is 10.1. The molecule has 2 rings (SSSR count).